The fourth-order valence-electron chi connectivity index (χ4n) is 7.07. The van der Waals surface area contributed by atoms with Crippen LogP contribution in [0.2, 0.25) is 0 Å². The second kappa shape index (κ2) is 14.3. The number of carbonyl (C=O) groups excluding carboxylic acids is 1. The van der Waals surface area contributed by atoms with Crippen molar-refractivity contribution < 1.29 is 14.3 Å². The molecule has 0 bridgehead atoms. The Balaban J connectivity index is 1.08. The molecule has 0 spiro atoms. The first-order valence-electron chi connectivity index (χ1n) is 17.1. The van der Waals surface area contributed by atoms with Crippen LogP contribution in [0.4, 0.5) is 0 Å². The molecule has 1 fully saturated rings. The van der Waals surface area contributed by atoms with Crippen LogP contribution in [0, 0.1) is 0 Å². The van der Waals surface area contributed by atoms with Gasteiger partial charge in [-0.1, -0.05) is 30.3 Å². The molecule has 49 heavy (non-hydrogen) atoms. The monoisotopic (exact) mass is 660 g/mol. The smallest absolute Gasteiger partial charge is 0.251 e. The van der Waals surface area contributed by atoms with E-state index >= 15 is 0 Å². The Hall–Kier alpha value is -4.87. The van der Waals surface area contributed by atoms with Crippen LogP contribution in [0.15, 0.2) is 61.1 Å². The lowest BCUT2D eigenvalue weighted by molar-refractivity contribution is 0.0892. The molecular formula is C38H44N8O3. The second-order valence-corrected chi connectivity index (χ2v) is 13.1. The zero-order valence-electron chi connectivity index (χ0n) is 28.8. The van der Waals surface area contributed by atoms with Crippen LogP contribution in [-0.4, -0.2) is 86.8 Å². The maximum absolute atomic E-state index is 13.2. The summed E-state index contributed by atoms with van der Waals surface area (Å²) in [6, 6.07) is 14.4. The van der Waals surface area contributed by atoms with Gasteiger partial charge >= 0.3 is 0 Å². The molecule has 2 aromatic carbocycles. The average molecular weight is 661 g/mol. The molecule has 11 nitrogen and oxygen atoms in total. The number of hydrogen-bond acceptors (Lipinski definition) is 8. The molecule has 7 rings (SSSR count). The van der Waals surface area contributed by atoms with Gasteiger partial charge in [0.1, 0.15) is 11.6 Å². The molecule has 5 aromatic rings. The van der Waals surface area contributed by atoms with E-state index in [-0.39, 0.29) is 11.9 Å². The molecule has 254 valence electrons. The number of methoxy groups -OCH3 is 2. The zero-order valence-corrected chi connectivity index (χ0v) is 28.8. The van der Waals surface area contributed by atoms with Gasteiger partial charge in [-0.25, -0.2) is 9.97 Å². The molecule has 0 radical (unpaired) electrons. The highest BCUT2D eigenvalue weighted by Gasteiger charge is 2.27. The SMILES string of the molecule is COCCN1CCC(NC(=O)c2ccc(Cc3ncc4c(n3)-c3c(nn(C)c3Cc3cccc(-c5cnn(C)c5)c3)CC4)c(OC)c2)CC1. The normalized spacial score (nSPS) is 14.8. The van der Waals surface area contributed by atoms with Gasteiger partial charge in [0.25, 0.3) is 5.91 Å². The number of carbonyl (C=O) groups is 1. The molecule has 0 saturated carbocycles. The fourth-order valence-corrected chi connectivity index (χ4v) is 7.07. The highest BCUT2D eigenvalue weighted by molar-refractivity contribution is 5.95. The molecular weight excluding hydrogens is 616 g/mol. The third kappa shape index (κ3) is 7.13. The molecule has 0 unspecified atom stereocenters. The summed E-state index contributed by atoms with van der Waals surface area (Å²) in [7, 11) is 7.33. The Morgan fingerprint density at radius 3 is 2.63 bits per heavy atom. The minimum Gasteiger partial charge on any atom is -0.496 e. The molecule has 4 heterocycles. The van der Waals surface area contributed by atoms with Crippen molar-refractivity contribution in [1.82, 2.24) is 39.7 Å². The lowest BCUT2D eigenvalue weighted by atomic mass is 9.91. The van der Waals surface area contributed by atoms with Gasteiger partial charge in [-0.3, -0.25) is 14.2 Å². The van der Waals surface area contributed by atoms with Crippen molar-refractivity contribution in [2.24, 2.45) is 14.1 Å². The van der Waals surface area contributed by atoms with Gasteiger partial charge in [0.2, 0.25) is 0 Å². The highest BCUT2D eigenvalue weighted by Crippen LogP contribution is 2.36. The molecule has 3 aromatic heterocycles. The molecule has 1 aliphatic heterocycles. The number of piperidine rings is 1. The van der Waals surface area contributed by atoms with Crippen LogP contribution < -0.4 is 10.1 Å². The summed E-state index contributed by atoms with van der Waals surface area (Å²) >= 11 is 0. The number of hydrogen-bond donors (Lipinski definition) is 1. The van der Waals surface area contributed by atoms with E-state index in [4.69, 9.17) is 24.5 Å². The van der Waals surface area contributed by atoms with Crippen molar-refractivity contribution in [3.8, 4) is 28.1 Å². The minimum atomic E-state index is -0.0761. The van der Waals surface area contributed by atoms with E-state index in [0.717, 1.165) is 103 Å². The van der Waals surface area contributed by atoms with E-state index in [2.05, 4.69) is 39.6 Å². The Kier molecular flexibility index (Phi) is 9.54. The number of nitrogens with zero attached hydrogens (tertiary/aromatic N) is 7. The van der Waals surface area contributed by atoms with Gasteiger partial charge < -0.3 is 19.7 Å². The predicted molar refractivity (Wildman–Crippen MR) is 188 cm³/mol. The first kappa shape index (κ1) is 32.7. The van der Waals surface area contributed by atoms with Crippen molar-refractivity contribution in [2.45, 2.75) is 44.6 Å². The van der Waals surface area contributed by atoms with Crippen molar-refractivity contribution in [3.63, 3.8) is 0 Å². The van der Waals surface area contributed by atoms with E-state index in [9.17, 15) is 4.79 Å². The molecule has 0 atom stereocenters. The Bertz CT molecular complexity index is 1960. The number of benzene rings is 2. The Morgan fingerprint density at radius 1 is 1.00 bits per heavy atom. The summed E-state index contributed by atoms with van der Waals surface area (Å²) in [4.78, 5) is 25.5. The number of nitrogens with one attached hydrogen (secondary N) is 1. The molecule has 1 amide bonds. The Morgan fingerprint density at radius 2 is 1.86 bits per heavy atom. The van der Waals surface area contributed by atoms with E-state index in [0.29, 0.717) is 23.6 Å². The van der Waals surface area contributed by atoms with Crippen LogP contribution in [0.1, 0.15) is 57.1 Å². The maximum Gasteiger partial charge on any atom is 0.251 e. The van der Waals surface area contributed by atoms with Crippen molar-refractivity contribution in [1.29, 1.82) is 0 Å². The first-order valence-corrected chi connectivity index (χ1v) is 17.1. The van der Waals surface area contributed by atoms with E-state index in [1.807, 2.05) is 60.2 Å². The number of fused-ring (bicyclic) bond motifs is 3. The highest BCUT2D eigenvalue weighted by atomic mass is 16.5. The van der Waals surface area contributed by atoms with E-state index < -0.39 is 0 Å². The third-order valence-electron chi connectivity index (χ3n) is 9.79. The number of likely N-dealkylation sites (tertiary alicyclic amines) is 1. The summed E-state index contributed by atoms with van der Waals surface area (Å²) in [5.74, 6) is 1.28. The van der Waals surface area contributed by atoms with E-state index in [1.54, 1.807) is 14.2 Å². The predicted octanol–water partition coefficient (Wildman–Crippen LogP) is 4.41. The van der Waals surface area contributed by atoms with Gasteiger partial charge in [-0.15, -0.1) is 0 Å². The van der Waals surface area contributed by atoms with Gasteiger partial charge in [0.05, 0.1) is 37.0 Å². The quantitative estimate of drug-likeness (QED) is 0.222. The number of amides is 1. The van der Waals surface area contributed by atoms with Gasteiger partial charge in [-0.2, -0.15) is 10.2 Å². The van der Waals surface area contributed by atoms with Crippen LogP contribution in [0.5, 0.6) is 5.75 Å². The molecule has 2 aliphatic rings. The second-order valence-electron chi connectivity index (χ2n) is 13.1. The van der Waals surface area contributed by atoms with Crippen molar-refractivity contribution in [2.75, 3.05) is 40.5 Å². The van der Waals surface area contributed by atoms with Crippen LogP contribution >= 0.6 is 0 Å². The largest absolute Gasteiger partial charge is 0.496 e. The number of aromatic nitrogens is 6. The zero-order chi connectivity index (χ0) is 33.9. The summed E-state index contributed by atoms with van der Waals surface area (Å²) in [5, 5.41) is 12.5. The Labute approximate surface area is 287 Å². The van der Waals surface area contributed by atoms with Gasteiger partial charge in [-0.05, 0) is 54.5 Å². The topological polar surface area (TPSA) is 112 Å². The minimum absolute atomic E-state index is 0.0761. The molecule has 1 saturated heterocycles. The summed E-state index contributed by atoms with van der Waals surface area (Å²) in [6.45, 7) is 3.57. The first-order chi connectivity index (χ1) is 23.9. The van der Waals surface area contributed by atoms with Gasteiger partial charge in [0.15, 0.2) is 0 Å². The van der Waals surface area contributed by atoms with Gasteiger partial charge in [0, 0.05) is 94.4 Å². The number of rotatable bonds is 11. The lowest BCUT2D eigenvalue weighted by Gasteiger charge is -2.32. The van der Waals surface area contributed by atoms with Crippen LogP contribution in [0.25, 0.3) is 22.4 Å². The van der Waals surface area contributed by atoms with Crippen LogP contribution in [-0.2, 0) is 44.5 Å². The molecule has 11 heteroatoms. The fraction of sp³-hybridized carbons (Fsp3) is 0.395. The lowest BCUT2D eigenvalue weighted by Crippen LogP contribution is -2.45. The maximum atomic E-state index is 13.2. The molecule has 1 aliphatic carbocycles. The van der Waals surface area contributed by atoms with E-state index in [1.165, 1.54) is 5.56 Å². The molecule has 1 N–H and O–H groups in total. The summed E-state index contributed by atoms with van der Waals surface area (Å²) < 4.78 is 14.8. The van der Waals surface area contributed by atoms with Crippen molar-refractivity contribution >= 4 is 5.91 Å². The third-order valence-corrected chi connectivity index (χ3v) is 9.79. The summed E-state index contributed by atoms with van der Waals surface area (Å²) in [5.41, 5.74) is 10.4. The number of ether oxygens (including phenoxy) is 2. The average Bonchev–Trinajstić information content (AvgIpc) is 3.70. The summed E-state index contributed by atoms with van der Waals surface area (Å²) in [6.07, 6.45) is 10.7. The van der Waals surface area contributed by atoms with Crippen molar-refractivity contribution in [3.05, 3.63) is 101 Å². The standard InChI is InChI=1S/C38H44N8O3/c1-44-24-30(23-40-44)26-7-5-6-25(18-26)19-33-36-32(43-45(33)2)11-10-29-22-39-35(42-37(29)36)21-27-8-9-28(20-34(27)49-4)38(47)41-31-12-14-46(15-13-31)16-17-48-3/h5-9,18,20,22-24,31H,10-17,19,21H2,1-4H3,(H,41,47). The number of aryl methyl sites for hydroxylation is 4. The van der Waals surface area contributed by atoms with Crippen LogP contribution in [0.3, 0.4) is 0 Å².